The first-order valence-corrected chi connectivity index (χ1v) is 10.6. The fraction of sp³-hybridized carbons (Fsp3) is 0.261. The van der Waals surface area contributed by atoms with Crippen LogP contribution in [0.3, 0.4) is 0 Å². The van der Waals surface area contributed by atoms with Crippen LogP contribution in [0.4, 0.5) is 10.5 Å². The first-order chi connectivity index (χ1) is 14.4. The first kappa shape index (κ1) is 21.6. The average molecular weight is 425 g/mol. The number of para-hydroxylation sites is 1. The molecule has 0 aliphatic carbocycles. The minimum Gasteiger partial charge on any atom is -0.490 e. The molecule has 1 N–H and O–H groups in total. The van der Waals surface area contributed by atoms with Crippen LogP contribution in [0.2, 0.25) is 0 Å². The van der Waals surface area contributed by atoms with Gasteiger partial charge < -0.3 is 10.1 Å². The smallest absolute Gasteiger partial charge is 0.294 e. The van der Waals surface area contributed by atoms with Gasteiger partial charge in [-0.2, -0.15) is 0 Å². The second-order valence-electron chi connectivity index (χ2n) is 7.06. The summed E-state index contributed by atoms with van der Waals surface area (Å²) in [4.78, 5) is 38.6. The monoisotopic (exact) mass is 424 g/mol. The minimum atomic E-state index is -0.484. The number of imide groups is 1. The van der Waals surface area contributed by atoms with Crippen molar-refractivity contribution in [3.63, 3.8) is 0 Å². The van der Waals surface area contributed by atoms with E-state index >= 15 is 0 Å². The van der Waals surface area contributed by atoms with Crippen molar-refractivity contribution >= 4 is 40.6 Å². The van der Waals surface area contributed by atoms with E-state index in [-0.39, 0.29) is 17.6 Å². The Bertz CT molecular complexity index is 985. The molecule has 1 aliphatic heterocycles. The van der Waals surface area contributed by atoms with Gasteiger partial charge in [-0.1, -0.05) is 42.8 Å². The number of anilines is 1. The topological polar surface area (TPSA) is 75.7 Å². The van der Waals surface area contributed by atoms with E-state index in [1.54, 1.807) is 18.2 Å². The van der Waals surface area contributed by atoms with E-state index in [9.17, 15) is 14.4 Å². The van der Waals surface area contributed by atoms with E-state index in [1.807, 2.05) is 57.2 Å². The second kappa shape index (κ2) is 9.63. The van der Waals surface area contributed by atoms with Crippen LogP contribution in [0.15, 0.2) is 53.4 Å². The number of benzene rings is 2. The molecule has 6 nitrogen and oxygen atoms in total. The van der Waals surface area contributed by atoms with E-state index in [4.69, 9.17) is 4.74 Å². The van der Waals surface area contributed by atoms with Gasteiger partial charge >= 0.3 is 0 Å². The Morgan fingerprint density at radius 3 is 2.57 bits per heavy atom. The van der Waals surface area contributed by atoms with Crippen LogP contribution < -0.4 is 10.1 Å². The van der Waals surface area contributed by atoms with Crippen molar-refractivity contribution in [3.8, 4) is 5.75 Å². The number of nitrogens with zero attached hydrogens (tertiary/aromatic N) is 1. The van der Waals surface area contributed by atoms with E-state index < -0.39 is 17.1 Å². The molecule has 1 atom stereocenters. The molecule has 3 amide bonds. The number of amides is 3. The highest BCUT2D eigenvalue weighted by Crippen LogP contribution is 2.34. The number of thioether (sulfide) groups is 1. The van der Waals surface area contributed by atoms with Crippen molar-refractivity contribution in [2.45, 2.75) is 33.3 Å². The fourth-order valence-corrected chi connectivity index (χ4v) is 3.59. The Balaban J connectivity index is 1.71. The summed E-state index contributed by atoms with van der Waals surface area (Å²) in [5, 5.41) is 2.24. The minimum absolute atomic E-state index is 0.0279. The predicted molar refractivity (Wildman–Crippen MR) is 119 cm³/mol. The molecule has 0 unspecified atom stereocenters. The maximum atomic E-state index is 12.7. The summed E-state index contributed by atoms with van der Waals surface area (Å²) in [6.07, 6.45) is 2.52. The lowest BCUT2D eigenvalue weighted by Crippen LogP contribution is -2.36. The Morgan fingerprint density at radius 2 is 1.87 bits per heavy atom. The standard InChI is InChI=1S/C23H24N2O4S/c1-4-16(3)29-19-8-6-5-7-17(19)13-20-22(27)25(23(28)30-20)14-21(26)24-18-11-9-15(2)10-12-18/h5-13,16H,4,14H2,1-3H3,(H,24,26)/b20-13-/t16-/m0/s1. The number of nitrogens with one attached hydrogen (secondary N) is 1. The Hall–Kier alpha value is -3.06. The van der Waals surface area contributed by atoms with E-state index in [0.29, 0.717) is 17.0 Å². The van der Waals surface area contributed by atoms with E-state index in [2.05, 4.69) is 5.32 Å². The molecule has 1 saturated heterocycles. The van der Waals surface area contributed by atoms with Gasteiger partial charge in [0.25, 0.3) is 11.1 Å². The summed E-state index contributed by atoms with van der Waals surface area (Å²) in [6, 6.07) is 14.6. The van der Waals surface area contributed by atoms with Crippen molar-refractivity contribution in [3.05, 3.63) is 64.6 Å². The number of hydrogen-bond donors (Lipinski definition) is 1. The molecule has 2 aromatic carbocycles. The van der Waals surface area contributed by atoms with E-state index in [1.165, 1.54) is 0 Å². The summed E-state index contributed by atoms with van der Waals surface area (Å²) >= 11 is 0.823. The van der Waals surface area contributed by atoms with Crippen molar-refractivity contribution in [2.75, 3.05) is 11.9 Å². The van der Waals surface area contributed by atoms with Crippen molar-refractivity contribution in [2.24, 2.45) is 0 Å². The highest BCUT2D eigenvalue weighted by atomic mass is 32.2. The number of ether oxygens (including phenoxy) is 1. The van der Waals surface area contributed by atoms with Crippen LogP contribution in [0.25, 0.3) is 6.08 Å². The van der Waals surface area contributed by atoms with Crippen LogP contribution in [-0.4, -0.2) is 34.6 Å². The van der Waals surface area contributed by atoms with Gasteiger partial charge in [0.2, 0.25) is 5.91 Å². The molecule has 30 heavy (non-hydrogen) atoms. The lowest BCUT2D eigenvalue weighted by atomic mass is 10.1. The zero-order valence-corrected chi connectivity index (χ0v) is 18.0. The molecular formula is C23H24N2O4S. The van der Waals surface area contributed by atoms with Crippen molar-refractivity contribution in [1.82, 2.24) is 4.90 Å². The molecular weight excluding hydrogens is 400 g/mol. The summed E-state index contributed by atoms with van der Waals surface area (Å²) in [5.74, 6) is -0.263. The van der Waals surface area contributed by atoms with Crippen LogP contribution in [0.1, 0.15) is 31.4 Å². The van der Waals surface area contributed by atoms with Crippen molar-refractivity contribution < 1.29 is 19.1 Å². The molecule has 1 aliphatic rings. The molecule has 1 fully saturated rings. The van der Waals surface area contributed by atoms with Crippen LogP contribution in [0, 0.1) is 6.92 Å². The summed E-state index contributed by atoms with van der Waals surface area (Å²) in [5.41, 5.74) is 2.40. The van der Waals surface area contributed by atoms with Gasteiger partial charge in [-0.3, -0.25) is 19.3 Å². The van der Waals surface area contributed by atoms with Gasteiger partial charge in [-0.15, -0.1) is 0 Å². The number of hydrogen-bond acceptors (Lipinski definition) is 5. The molecule has 0 spiro atoms. The normalized spacial score (nSPS) is 16.1. The maximum absolute atomic E-state index is 12.7. The SMILES string of the molecule is CC[C@H](C)Oc1ccccc1/C=C1\SC(=O)N(CC(=O)Nc2ccc(C)cc2)C1=O. The predicted octanol–water partition coefficient (Wildman–Crippen LogP) is 4.85. The van der Waals surface area contributed by atoms with Gasteiger partial charge in [0.1, 0.15) is 12.3 Å². The number of carbonyl (C=O) groups is 3. The quantitative estimate of drug-likeness (QED) is 0.643. The average Bonchev–Trinajstić information content (AvgIpc) is 2.98. The molecule has 7 heteroatoms. The number of aryl methyl sites for hydroxylation is 1. The Labute approximate surface area is 180 Å². The lowest BCUT2D eigenvalue weighted by Gasteiger charge is -2.15. The number of carbonyl (C=O) groups excluding carboxylic acids is 3. The molecule has 0 saturated carbocycles. The lowest BCUT2D eigenvalue weighted by molar-refractivity contribution is -0.127. The first-order valence-electron chi connectivity index (χ1n) is 9.75. The van der Waals surface area contributed by atoms with Gasteiger partial charge in [0.15, 0.2) is 0 Å². The van der Waals surface area contributed by atoms with Crippen molar-refractivity contribution in [1.29, 1.82) is 0 Å². The molecule has 3 rings (SSSR count). The highest BCUT2D eigenvalue weighted by molar-refractivity contribution is 8.18. The summed E-state index contributed by atoms with van der Waals surface area (Å²) in [6.45, 7) is 5.61. The van der Waals surface area contributed by atoms with Crippen LogP contribution in [0.5, 0.6) is 5.75 Å². The largest absolute Gasteiger partial charge is 0.490 e. The fourth-order valence-electron chi connectivity index (χ4n) is 2.77. The van der Waals surface area contributed by atoms with Crippen LogP contribution in [-0.2, 0) is 9.59 Å². The molecule has 0 bridgehead atoms. The van der Waals surface area contributed by atoms with Gasteiger partial charge in [-0.25, -0.2) is 0 Å². The van der Waals surface area contributed by atoms with E-state index in [0.717, 1.165) is 28.6 Å². The zero-order valence-electron chi connectivity index (χ0n) is 17.2. The third-order valence-corrected chi connectivity index (χ3v) is 5.53. The van der Waals surface area contributed by atoms with Gasteiger partial charge in [0.05, 0.1) is 11.0 Å². The third-order valence-electron chi connectivity index (χ3n) is 4.62. The second-order valence-corrected chi connectivity index (χ2v) is 8.05. The van der Waals surface area contributed by atoms with Crippen LogP contribution >= 0.6 is 11.8 Å². The molecule has 0 aromatic heterocycles. The summed E-state index contributed by atoms with van der Waals surface area (Å²) in [7, 11) is 0. The molecule has 156 valence electrons. The number of rotatable bonds is 7. The molecule has 0 radical (unpaired) electrons. The maximum Gasteiger partial charge on any atom is 0.294 e. The Kier molecular flexibility index (Phi) is 6.95. The molecule has 2 aromatic rings. The summed E-state index contributed by atoms with van der Waals surface area (Å²) < 4.78 is 5.91. The van der Waals surface area contributed by atoms with Gasteiger partial charge in [-0.05, 0) is 56.3 Å². The third kappa shape index (κ3) is 5.30. The van der Waals surface area contributed by atoms with Gasteiger partial charge in [0, 0.05) is 11.3 Å². The molecule has 1 heterocycles. The highest BCUT2D eigenvalue weighted by Gasteiger charge is 2.36. The Morgan fingerprint density at radius 1 is 1.17 bits per heavy atom. The zero-order chi connectivity index (χ0) is 21.7.